The molecule has 1 aromatic carbocycles. The molecule has 1 aromatic heterocycles. The van der Waals surface area contributed by atoms with Crippen LogP contribution in [0.2, 0.25) is 0 Å². The van der Waals surface area contributed by atoms with E-state index in [9.17, 15) is 13.2 Å². The second-order valence-electron chi connectivity index (χ2n) is 4.55. The summed E-state index contributed by atoms with van der Waals surface area (Å²) in [6.07, 6.45) is -2.34. The largest absolute Gasteiger partial charge is 0.504 e. The van der Waals surface area contributed by atoms with Gasteiger partial charge in [-0.05, 0) is 18.7 Å². The molecule has 2 aromatic rings. The summed E-state index contributed by atoms with van der Waals surface area (Å²) in [5.74, 6) is 0.696. The van der Waals surface area contributed by atoms with Crippen molar-refractivity contribution in [3.05, 3.63) is 36.2 Å². The summed E-state index contributed by atoms with van der Waals surface area (Å²) in [5.41, 5.74) is 2.07. The van der Waals surface area contributed by atoms with Crippen LogP contribution in [0.15, 0.2) is 30.6 Å². The Morgan fingerprint density at radius 2 is 2.15 bits per heavy atom. The number of fused-ring (bicyclic) bond motifs is 1. The first-order valence-corrected chi connectivity index (χ1v) is 6.05. The van der Waals surface area contributed by atoms with Crippen molar-refractivity contribution in [1.29, 1.82) is 0 Å². The van der Waals surface area contributed by atoms with E-state index in [0.29, 0.717) is 23.5 Å². The van der Waals surface area contributed by atoms with Gasteiger partial charge in [0.15, 0.2) is 0 Å². The Bertz CT molecular complexity index is 636. The van der Waals surface area contributed by atoms with Gasteiger partial charge in [-0.15, -0.1) is 13.2 Å². The quantitative estimate of drug-likeness (QED) is 0.921. The van der Waals surface area contributed by atoms with Gasteiger partial charge in [-0.25, -0.2) is 0 Å². The van der Waals surface area contributed by atoms with Crippen LogP contribution < -0.4 is 10.1 Å². The fourth-order valence-corrected chi connectivity index (χ4v) is 2.24. The third-order valence-corrected chi connectivity index (χ3v) is 3.32. The SMILES string of the molecule is CNC1COc2cc(-c3cnn(C(F)(F)F)c3)ccc21. The zero-order valence-electron chi connectivity index (χ0n) is 10.6. The van der Waals surface area contributed by atoms with Crippen molar-refractivity contribution in [1.82, 2.24) is 15.1 Å². The molecule has 0 bridgehead atoms. The van der Waals surface area contributed by atoms with Gasteiger partial charge >= 0.3 is 6.30 Å². The molecule has 2 heterocycles. The highest BCUT2D eigenvalue weighted by Gasteiger charge is 2.31. The highest BCUT2D eigenvalue weighted by atomic mass is 19.4. The lowest BCUT2D eigenvalue weighted by atomic mass is 10.0. The molecule has 1 atom stereocenters. The van der Waals surface area contributed by atoms with Crippen LogP contribution >= 0.6 is 0 Å². The van der Waals surface area contributed by atoms with Crippen molar-refractivity contribution < 1.29 is 17.9 Å². The Balaban J connectivity index is 1.94. The minimum absolute atomic E-state index is 0.00712. The van der Waals surface area contributed by atoms with Crippen LogP contribution in [0.4, 0.5) is 13.2 Å². The van der Waals surface area contributed by atoms with Crippen LogP contribution in [0.1, 0.15) is 11.6 Å². The summed E-state index contributed by atoms with van der Waals surface area (Å²) in [6.45, 7) is 0.525. The van der Waals surface area contributed by atoms with Crippen LogP contribution in [-0.4, -0.2) is 23.4 Å². The first-order chi connectivity index (χ1) is 9.49. The van der Waals surface area contributed by atoms with Gasteiger partial charge in [-0.3, -0.25) is 0 Å². The highest BCUT2D eigenvalue weighted by Crippen LogP contribution is 2.36. The summed E-state index contributed by atoms with van der Waals surface area (Å²) < 4.78 is 43.0. The molecule has 4 nitrogen and oxygen atoms in total. The van der Waals surface area contributed by atoms with Crippen molar-refractivity contribution in [3.63, 3.8) is 0 Å². The molecule has 0 saturated carbocycles. The maximum absolute atomic E-state index is 12.5. The zero-order chi connectivity index (χ0) is 14.3. The van der Waals surface area contributed by atoms with Crippen molar-refractivity contribution in [2.24, 2.45) is 0 Å². The van der Waals surface area contributed by atoms with Crippen LogP contribution in [0.3, 0.4) is 0 Å². The third-order valence-electron chi connectivity index (χ3n) is 3.32. The molecule has 1 aliphatic rings. The number of ether oxygens (including phenoxy) is 1. The number of nitrogens with one attached hydrogen (secondary N) is 1. The number of benzene rings is 1. The molecule has 0 aliphatic carbocycles. The smallest absolute Gasteiger partial charge is 0.491 e. The van der Waals surface area contributed by atoms with Gasteiger partial charge in [0, 0.05) is 17.3 Å². The Morgan fingerprint density at radius 1 is 1.35 bits per heavy atom. The summed E-state index contributed by atoms with van der Waals surface area (Å²) in [4.78, 5) is 0. The van der Waals surface area contributed by atoms with E-state index in [1.54, 1.807) is 12.1 Å². The molecule has 106 valence electrons. The molecule has 1 N–H and O–H groups in total. The van der Waals surface area contributed by atoms with Crippen LogP contribution in [-0.2, 0) is 6.30 Å². The van der Waals surface area contributed by atoms with Gasteiger partial charge < -0.3 is 10.1 Å². The summed E-state index contributed by atoms with van der Waals surface area (Å²) in [5, 5.41) is 6.44. The Hall–Kier alpha value is -2.02. The number of hydrogen-bond donors (Lipinski definition) is 1. The molecule has 1 aliphatic heterocycles. The second-order valence-corrected chi connectivity index (χ2v) is 4.55. The lowest BCUT2D eigenvalue weighted by Gasteiger charge is -2.06. The third kappa shape index (κ3) is 2.14. The molecule has 0 fully saturated rings. The van der Waals surface area contributed by atoms with Gasteiger partial charge in [-0.2, -0.15) is 9.78 Å². The molecule has 7 heteroatoms. The Kier molecular flexibility index (Phi) is 2.93. The number of nitrogens with zero attached hydrogens (tertiary/aromatic N) is 2. The van der Waals surface area contributed by atoms with E-state index in [1.165, 1.54) is 6.20 Å². The topological polar surface area (TPSA) is 39.1 Å². The molecular weight excluding hydrogens is 271 g/mol. The standard InChI is InChI=1S/C13H12F3N3O/c1-17-11-7-20-12-4-8(2-3-10(11)12)9-5-18-19(6-9)13(14,15)16/h2-6,11,17H,7H2,1H3. The van der Waals surface area contributed by atoms with Crippen LogP contribution in [0.5, 0.6) is 5.75 Å². The molecule has 0 amide bonds. The van der Waals surface area contributed by atoms with Crippen molar-refractivity contribution in [2.45, 2.75) is 12.3 Å². The minimum Gasteiger partial charge on any atom is -0.491 e. The van der Waals surface area contributed by atoms with E-state index in [2.05, 4.69) is 10.4 Å². The number of alkyl halides is 3. The van der Waals surface area contributed by atoms with Gasteiger partial charge in [0.05, 0.1) is 12.2 Å². The summed E-state index contributed by atoms with van der Waals surface area (Å²) in [7, 11) is 1.84. The average Bonchev–Trinajstić information content (AvgIpc) is 3.04. The number of rotatable bonds is 2. The van der Waals surface area contributed by atoms with Crippen molar-refractivity contribution in [3.8, 4) is 16.9 Å². The van der Waals surface area contributed by atoms with Crippen molar-refractivity contribution in [2.75, 3.05) is 13.7 Å². The van der Waals surface area contributed by atoms with Gasteiger partial charge in [0.1, 0.15) is 12.4 Å². The van der Waals surface area contributed by atoms with E-state index in [0.717, 1.165) is 11.8 Å². The molecule has 3 rings (SSSR count). The number of halogens is 3. The Morgan fingerprint density at radius 3 is 2.80 bits per heavy atom. The minimum atomic E-state index is -4.50. The first-order valence-electron chi connectivity index (χ1n) is 6.05. The van der Waals surface area contributed by atoms with Gasteiger partial charge in [0.2, 0.25) is 0 Å². The molecule has 0 saturated heterocycles. The molecule has 0 radical (unpaired) electrons. The molecule has 0 spiro atoms. The van der Waals surface area contributed by atoms with Crippen LogP contribution in [0, 0.1) is 0 Å². The van der Waals surface area contributed by atoms with E-state index < -0.39 is 6.30 Å². The zero-order valence-corrected chi connectivity index (χ0v) is 10.6. The number of likely N-dealkylation sites (N-methyl/N-ethyl adjacent to an activating group) is 1. The normalized spacial score (nSPS) is 17.9. The van der Waals surface area contributed by atoms with E-state index in [-0.39, 0.29) is 10.7 Å². The fraction of sp³-hybridized carbons (Fsp3) is 0.308. The lowest BCUT2D eigenvalue weighted by Crippen LogP contribution is -2.17. The van der Waals surface area contributed by atoms with Gasteiger partial charge in [-0.1, -0.05) is 12.1 Å². The van der Waals surface area contributed by atoms with Gasteiger partial charge in [0.25, 0.3) is 0 Å². The average molecular weight is 283 g/mol. The second kappa shape index (κ2) is 4.52. The van der Waals surface area contributed by atoms with Crippen LogP contribution in [0.25, 0.3) is 11.1 Å². The number of aromatic nitrogens is 2. The van der Waals surface area contributed by atoms with Crippen molar-refractivity contribution >= 4 is 0 Å². The molecule has 1 unspecified atom stereocenters. The van der Waals surface area contributed by atoms with E-state index in [4.69, 9.17) is 4.74 Å². The maximum atomic E-state index is 12.5. The molecular formula is C13H12F3N3O. The first kappa shape index (κ1) is 13.0. The predicted molar refractivity (Wildman–Crippen MR) is 66.3 cm³/mol. The fourth-order valence-electron chi connectivity index (χ4n) is 2.24. The monoisotopic (exact) mass is 283 g/mol. The summed E-state index contributed by atoms with van der Waals surface area (Å²) >= 11 is 0. The van der Waals surface area contributed by atoms with E-state index >= 15 is 0 Å². The predicted octanol–water partition coefficient (Wildman–Crippen LogP) is 2.68. The molecule has 20 heavy (non-hydrogen) atoms. The van der Waals surface area contributed by atoms with E-state index in [1.807, 2.05) is 13.1 Å². The Labute approximate surface area is 113 Å². The highest BCUT2D eigenvalue weighted by molar-refractivity contribution is 5.65. The lowest BCUT2D eigenvalue weighted by molar-refractivity contribution is -0.212. The maximum Gasteiger partial charge on any atom is 0.504 e. The summed E-state index contributed by atoms with van der Waals surface area (Å²) in [6, 6.07) is 5.50. The number of hydrogen-bond acceptors (Lipinski definition) is 3.